The van der Waals surface area contributed by atoms with E-state index in [9.17, 15) is 13.6 Å². The lowest BCUT2D eigenvalue weighted by Gasteiger charge is -2.06. The van der Waals surface area contributed by atoms with Crippen LogP contribution in [0.4, 0.5) is 14.5 Å². The fourth-order valence-corrected chi connectivity index (χ4v) is 1.51. The van der Waals surface area contributed by atoms with Crippen molar-refractivity contribution in [3.8, 4) is 0 Å². The summed E-state index contributed by atoms with van der Waals surface area (Å²) in [6, 6.07) is 4.44. The molecule has 18 heavy (non-hydrogen) atoms. The first-order chi connectivity index (χ1) is 8.60. The largest absolute Gasteiger partial charge is 0.387 e. The van der Waals surface area contributed by atoms with Gasteiger partial charge in [0.15, 0.2) is 0 Å². The van der Waals surface area contributed by atoms with E-state index in [0.29, 0.717) is 5.69 Å². The molecule has 0 radical (unpaired) electrons. The Morgan fingerprint density at radius 2 is 2.11 bits per heavy atom. The highest BCUT2D eigenvalue weighted by atomic mass is 19.1. The van der Waals surface area contributed by atoms with Crippen molar-refractivity contribution in [1.82, 2.24) is 9.78 Å². The van der Waals surface area contributed by atoms with Gasteiger partial charge in [-0.05, 0) is 18.2 Å². The molecule has 1 aromatic heterocycles. The van der Waals surface area contributed by atoms with Gasteiger partial charge in [-0.1, -0.05) is 0 Å². The minimum Gasteiger partial charge on any atom is -0.387 e. The van der Waals surface area contributed by atoms with E-state index < -0.39 is 11.6 Å². The molecule has 0 saturated carbocycles. The second-order valence-electron chi connectivity index (χ2n) is 3.73. The minimum absolute atomic E-state index is 0.0850. The molecule has 0 aliphatic rings. The van der Waals surface area contributed by atoms with E-state index in [1.54, 1.807) is 7.05 Å². The molecule has 6 heteroatoms. The first-order valence-electron chi connectivity index (χ1n) is 5.29. The standard InChI is InChI=1S/C12H11F2N3O/c1-15-10-5-12(18)17(16-6-10)7-8-4-9(13)2-3-11(8)14/h2-6,15H,7H2,1H3. The molecule has 2 rings (SSSR count). The first-order valence-corrected chi connectivity index (χ1v) is 5.29. The molecule has 1 heterocycles. The van der Waals surface area contributed by atoms with Crippen LogP contribution < -0.4 is 10.9 Å². The first kappa shape index (κ1) is 12.2. The fraction of sp³-hybridized carbons (Fsp3) is 0.167. The summed E-state index contributed by atoms with van der Waals surface area (Å²) in [5, 5.41) is 6.64. The van der Waals surface area contributed by atoms with E-state index in [2.05, 4.69) is 10.4 Å². The Labute approximate surface area is 102 Å². The highest BCUT2D eigenvalue weighted by molar-refractivity contribution is 5.37. The number of rotatable bonds is 3. The van der Waals surface area contributed by atoms with Crippen LogP contribution in [0, 0.1) is 11.6 Å². The van der Waals surface area contributed by atoms with Crippen molar-refractivity contribution in [3.63, 3.8) is 0 Å². The third-order valence-electron chi connectivity index (χ3n) is 2.49. The molecule has 1 N–H and O–H groups in total. The van der Waals surface area contributed by atoms with Gasteiger partial charge in [-0.25, -0.2) is 13.5 Å². The van der Waals surface area contributed by atoms with Crippen LogP contribution in [-0.4, -0.2) is 16.8 Å². The van der Waals surface area contributed by atoms with E-state index in [4.69, 9.17) is 0 Å². The smallest absolute Gasteiger partial charge is 0.269 e. The second-order valence-corrected chi connectivity index (χ2v) is 3.73. The molecule has 0 atom stereocenters. The highest BCUT2D eigenvalue weighted by Gasteiger charge is 2.07. The van der Waals surface area contributed by atoms with Crippen molar-refractivity contribution in [2.45, 2.75) is 6.54 Å². The Bertz CT molecular complexity index is 625. The topological polar surface area (TPSA) is 46.9 Å². The summed E-state index contributed by atoms with van der Waals surface area (Å²) < 4.78 is 27.5. The molecular formula is C12H11F2N3O. The molecule has 0 bridgehead atoms. The van der Waals surface area contributed by atoms with Crippen LogP contribution in [0.15, 0.2) is 35.3 Å². The summed E-state index contributed by atoms with van der Waals surface area (Å²) in [6.45, 7) is -0.105. The van der Waals surface area contributed by atoms with Gasteiger partial charge in [0.2, 0.25) is 0 Å². The average Bonchev–Trinajstić information content (AvgIpc) is 2.36. The van der Waals surface area contributed by atoms with Crippen molar-refractivity contribution in [2.24, 2.45) is 0 Å². The number of benzene rings is 1. The molecule has 94 valence electrons. The number of hydrogen-bond acceptors (Lipinski definition) is 3. The number of aromatic nitrogens is 2. The molecule has 0 unspecified atom stereocenters. The summed E-state index contributed by atoms with van der Waals surface area (Å²) in [5.41, 5.74) is 0.267. The minimum atomic E-state index is -0.567. The van der Waals surface area contributed by atoms with Crippen LogP contribution in [0.25, 0.3) is 0 Å². The Morgan fingerprint density at radius 3 is 2.78 bits per heavy atom. The van der Waals surface area contributed by atoms with Crippen LogP contribution in [0.1, 0.15) is 5.56 Å². The van der Waals surface area contributed by atoms with Gasteiger partial charge in [0.05, 0.1) is 18.4 Å². The molecule has 0 amide bonds. The Balaban J connectivity index is 2.34. The molecule has 1 aromatic carbocycles. The maximum atomic E-state index is 13.4. The number of nitrogens with one attached hydrogen (secondary N) is 1. The fourth-order valence-electron chi connectivity index (χ4n) is 1.51. The van der Waals surface area contributed by atoms with Gasteiger partial charge < -0.3 is 5.32 Å². The van der Waals surface area contributed by atoms with Crippen LogP contribution in [0.3, 0.4) is 0 Å². The van der Waals surface area contributed by atoms with E-state index >= 15 is 0 Å². The molecule has 0 aliphatic heterocycles. The maximum Gasteiger partial charge on any atom is 0.269 e. The van der Waals surface area contributed by atoms with Gasteiger partial charge in [-0.3, -0.25) is 4.79 Å². The van der Waals surface area contributed by atoms with Crippen molar-refractivity contribution >= 4 is 5.69 Å². The third-order valence-corrected chi connectivity index (χ3v) is 2.49. The predicted octanol–water partition coefficient (Wildman–Crippen LogP) is 1.61. The molecule has 2 aromatic rings. The summed E-state index contributed by atoms with van der Waals surface area (Å²) in [7, 11) is 1.66. The third kappa shape index (κ3) is 2.53. The summed E-state index contributed by atoms with van der Waals surface area (Å²) in [4.78, 5) is 11.6. The van der Waals surface area contributed by atoms with Crippen LogP contribution in [0.2, 0.25) is 0 Å². The van der Waals surface area contributed by atoms with Crippen LogP contribution >= 0.6 is 0 Å². The summed E-state index contributed by atoms with van der Waals surface area (Å²) in [6.07, 6.45) is 1.44. The van der Waals surface area contributed by atoms with Gasteiger partial charge in [0.25, 0.3) is 5.56 Å². The number of anilines is 1. The van der Waals surface area contributed by atoms with Gasteiger partial charge in [0, 0.05) is 18.7 Å². The van der Waals surface area contributed by atoms with Gasteiger partial charge in [-0.2, -0.15) is 5.10 Å². The molecular weight excluding hydrogens is 240 g/mol. The molecule has 4 nitrogen and oxygen atoms in total. The highest BCUT2D eigenvalue weighted by Crippen LogP contribution is 2.10. The average molecular weight is 251 g/mol. The van der Waals surface area contributed by atoms with Gasteiger partial charge in [0.1, 0.15) is 11.6 Å². The number of hydrogen-bond donors (Lipinski definition) is 1. The summed E-state index contributed by atoms with van der Waals surface area (Å²) >= 11 is 0. The number of nitrogens with zero attached hydrogens (tertiary/aromatic N) is 2. The summed E-state index contributed by atoms with van der Waals surface area (Å²) in [5.74, 6) is -1.12. The van der Waals surface area contributed by atoms with Gasteiger partial charge in [-0.15, -0.1) is 0 Å². The Kier molecular flexibility index (Phi) is 3.36. The maximum absolute atomic E-state index is 13.4. The molecule has 0 saturated heterocycles. The lowest BCUT2D eigenvalue weighted by molar-refractivity contribution is 0.557. The van der Waals surface area contributed by atoms with E-state index in [1.807, 2.05) is 0 Å². The lowest BCUT2D eigenvalue weighted by atomic mass is 10.2. The van der Waals surface area contributed by atoms with Crippen molar-refractivity contribution in [1.29, 1.82) is 0 Å². The zero-order valence-corrected chi connectivity index (χ0v) is 9.65. The van der Waals surface area contributed by atoms with Gasteiger partial charge >= 0.3 is 0 Å². The van der Waals surface area contributed by atoms with Crippen molar-refractivity contribution < 1.29 is 8.78 Å². The quantitative estimate of drug-likeness (QED) is 0.901. The molecule has 0 aliphatic carbocycles. The lowest BCUT2D eigenvalue weighted by Crippen LogP contribution is -2.23. The van der Waals surface area contributed by atoms with Crippen LogP contribution in [0.5, 0.6) is 0 Å². The molecule has 0 spiro atoms. The monoisotopic (exact) mass is 251 g/mol. The SMILES string of the molecule is CNc1cnn(Cc2cc(F)ccc2F)c(=O)c1. The van der Waals surface area contributed by atoms with Crippen molar-refractivity contribution in [2.75, 3.05) is 12.4 Å². The number of halogens is 2. The second kappa shape index (κ2) is 4.95. The normalized spacial score (nSPS) is 10.4. The predicted molar refractivity (Wildman–Crippen MR) is 63.5 cm³/mol. The zero-order chi connectivity index (χ0) is 13.1. The Morgan fingerprint density at radius 1 is 1.33 bits per heavy atom. The van der Waals surface area contributed by atoms with Crippen molar-refractivity contribution in [3.05, 3.63) is 58.0 Å². The Hall–Kier alpha value is -2.24. The molecule has 0 fully saturated rings. The van der Waals surface area contributed by atoms with E-state index in [0.717, 1.165) is 22.9 Å². The van der Waals surface area contributed by atoms with Crippen LogP contribution in [-0.2, 0) is 6.54 Å². The van der Waals surface area contributed by atoms with E-state index in [1.165, 1.54) is 12.3 Å². The zero-order valence-electron chi connectivity index (χ0n) is 9.65. The van der Waals surface area contributed by atoms with E-state index in [-0.39, 0.29) is 17.7 Å².